The van der Waals surface area contributed by atoms with E-state index in [2.05, 4.69) is 5.32 Å². The van der Waals surface area contributed by atoms with Gasteiger partial charge < -0.3 is 14.8 Å². The maximum absolute atomic E-state index is 12.2. The van der Waals surface area contributed by atoms with Crippen molar-refractivity contribution < 1.29 is 19.2 Å². The van der Waals surface area contributed by atoms with Gasteiger partial charge in [0.05, 0.1) is 18.6 Å². The molecular weight excluding hydrogens is 300 g/mol. The Kier molecular flexibility index (Phi) is 5.14. The second-order valence-corrected chi connectivity index (χ2v) is 4.56. The van der Waals surface area contributed by atoms with Gasteiger partial charge in [-0.2, -0.15) is 0 Å². The highest BCUT2D eigenvalue weighted by Gasteiger charge is 2.18. The Balaban J connectivity index is 2.25. The first-order chi connectivity index (χ1) is 11.0. The number of benzene rings is 2. The number of methoxy groups -OCH3 is 1. The van der Waals surface area contributed by atoms with Gasteiger partial charge in [0, 0.05) is 23.4 Å². The van der Waals surface area contributed by atoms with Crippen LogP contribution in [0.15, 0.2) is 42.5 Å². The fourth-order valence-electron chi connectivity index (χ4n) is 1.98. The normalized spacial score (nSPS) is 10.0. The average molecular weight is 316 g/mol. The van der Waals surface area contributed by atoms with Gasteiger partial charge in [-0.15, -0.1) is 0 Å². The monoisotopic (exact) mass is 316 g/mol. The Labute approximate surface area is 133 Å². The molecular formula is C16H16N2O5. The van der Waals surface area contributed by atoms with Gasteiger partial charge in [-0.1, -0.05) is 6.07 Å². The second-order valence-electron chi connectivity index (χ2n) is 4.56. The molecule has 0 saturated heterocycles. The van der Waals surface area contributed by atoms with Crippen LogP contribution < -0.4 is 14.8 Å². The zero-order valence-electron chi connectivity index (χ0n) is 12.7. The Morgan fingerprint density at radius 2 is 2.04 bits per heavy atom. The summed E-state index contributed by atoms with van der Waals surface area (Å²) < 4.78 is 10.3. The number of nitro benzene ring substituents is 1. The number of hydrogen-bond donors (Lipinski definition) is 1. The van der Waals surface area contributed by atoms with E-state index < -0.39 is 10.8 Å². The molecule has 0 aliphatic rings. The lowest BCUT2D eigenvalue weighted by atomic mass is 10.1. The number of anilines is 1. The molecule has 0 aliphatic heterocycles. The van der Waals surface area contributed by atoms with Crippen molar-refractivity contribution in [1.29, 1.82) is 0 Å². The zero-order chi connectivity index (χ0) is 16.8. The van der Waals surface area contributed by atoms with Crippen molar-refractivity contribution in [2.75, 3.05) is 19.0 Å². The molecule has 7 heteroatoms. The predicted molar refractivity (Wildman–Crippen MR) is 85.2 cm³/mol. The van der Waals surface area contributed by atoms with Crippen LogP contribution in [0.2, 0.25) is 0 Å². The molecule has 1 amide bonds. The molecule has 0 aromatic heterocycles. The van der Waals surface area contributed by atoms with Crippen LogP contribution in [0.4, 0.5) is 11.4 Å². The van der Waals surface area contributed by atoms with Gasteiger partial charge in [0.25, 0.3) is 5.91 Å². The summed E-state index contributed by atoms with van der Waals surface area (Å²) in [6, 6.07) is 10.9. The minimum absolute atomic E-state index is 0.135. The van der Waals surface area contributed by atoms with Crippen molar-refractivity contribution in [3.8, 4) is 11.5 Å². The Bertz CT molecular complexity index is 730. The first-order valence-electron chi connectivity index (χ1n) is 6.91. The summed E-state index contributed by atoms with van der Waals surface area (Å²) in [5.74, 6) is 0.278. The topological polar surface area (TPSA) is 90.7 Å². The molecule has 0 bridgehead atoms. The van der Waals surface area contributed by atoms with Gasteiger partial charge in [-0.3, -0.25) is 14.9 Å². The summed E-state index contributed by atoms with van der Waals surface area (Å²) in [5.41, 5.74) is 0.457. The van der Waals surface area contributed by atoms with Gasteiger partial charge in [-0.05, 0) is 31.2 Å². The molecule has 2 aromatic carbocycles. The van der Waals surface area contributed by atoms with Crippen LogP contribution in [0.5, 0.6) is 11.5 Å². The molecule has 0 fully saturated rings. The highest BCUT2D eigenvalue weighted by molar-refractivity contribution is 6.04. The van der Waals surface area contributed by atoms with Gasteiger partial charge in [-0.25, -0.2) is 0 Å². The molecule has 0 spiro atoms. The van der Waals surface area contributed by atoms with Crippen LogP contribution in [-0.4, -0.2) is 24.5 Å². The number of carbonyl (C=O) groups excluding carboxylic acids is 1. The maximum atomic E-state index is 12.2. The molecule has 7 nitrogen and oxygen atoms in total. The predicted octanol–water partition coefficient (Wildman–Crippen LogP) is 3.25. The summed E-state index contributed by atoms with van der Waals surface area (Å²) in [5, 5.41) is 13.8. The van der Waals surface area contributed by atoms with E-state index in [0.29, 0.717) is 18.0 Å². The summed E-state index contributed by atoms with van der Waals surface area (Å²) in [4.78, 5) is 22.8. The number of nitro groups is 1. The lowest BCUT2D eigenvalue weighted by molar-refractivity contribution is -0.385. The van der Waals surface area contributed by atoms with Crippen molar-refractivity contribution in [2.45, 2.75) is 6.92 Å². The van der Waals surface area contributed by atoms with E-state index in [1.807, 2.05) is 0 Å². The fourth-order valence-corrected chi connectivity index (χ4v) is 1.98. The Hall–Kier alpha value is -3.09. The number of ether oxygens (including phenoxy) is 2. The SMILES string of the molecule is CCOc1ccc(C(=O)Nc2cccc(OC)c2)cc1[N+](=O)[O-]. The first-order valence-corrected chi connectivity index (χ1v) is 6.91. The molecule has 0 aliphatic carbocycles. The minimum atomic E-state index is -0.576. The number of nitrogens with one attached hydrogen (secondary N) is 1. The zero-order valence-corrected chi connectivity index (χ0v) is 12.7. The highest BCUT2D eigenvalue weighted by Crippen LogP contribution is 2.28. The van der Waals surface area contributed by atoms with Crippen LogP contribution in [0, 0.1) is 10.1 Å². The van der Waals surface area contributed by atoms with Gasteiger partial charge in [0.2, 0.25) is 0 Å². The van der Waals surface area contributed by atoms with Crippen molar-refractivity contribution in [3.05, 3.63) is 58.1 Å². The Morgan fingerprint density at radius 1 is 1.26 bits per heavy atom. The molecule has 2 aromatic rings. The third-order valence-corrected chi connectivity index (χ3v) is 3.05. The number of hydrogen-bond acceptors (Lipinski definition) is 5. The summed E-state index contributed by atoms with van der Waals surface area (Å²) in [7, 11) is 1.52. The lowest BCUT2D eigenvalue weighted by Gasteiger charge is -2.08. The molecule has 1 N–H and O–H groups in total. The molecule has 0 atom stereocenters. The summed E-state index contributed by atoms with van der Waals surface area (Å²) >= 11 is 0. The standard InChI is InChI=1S/C16H16N2O5/c1-3-23-15-8-7-11(9-14(15)18(20)21)16(19)17-12-5-4-6-13(10-12)22-2/h4-10H,3H2,1-2H3,(H,17,19). The van der Waals surface area contributed by atoms with Gasteiger partial charge in [0.1, 0.15) is 5.75 Å². The summed E-state index contributed by atoms with van der Waals surface area (Å²) in [6.45, 7) is 2.03. The number of carbonyl (C=O) groups is 1. The van der Waals surface area contributed by atoms with E-state index in [1.54, 1.807) is 31.2 Å². The molecule has 2 rings (SSSR count). The van der Waals surface area contributed by atoms with E-state index in [4.69, 9.17) is 9.47 Å². The van der Waals surface area contributed by atoms with Gasteiger partial charge in [0.15, 0.2) is 5.75 Å². The van der Waals surface area contributed by atoms with E-state index in [9.17, 15) is 14.9 Å². The molecule has 0 unspecified atom stereocenters. The fraction of sp³-hybridized carbons (Fsp3) is 0.188. The number of rotatable bonds is 6. The first kappa shape index (κ1) is 16.3. The van der Waals surface area contributed by atoms with E-state index in [-0.39, 0.29) is 17.0 Å². The molecule has 0 radical (unpaired) electrons. The summed E-state index contributed by atoms with van der Waals surface area (Å²) in [6.07, 6.45) is 0. The average Bonchev–Trinajstić information content (AvgIpc) is 2.55. The van der Waals surface area contributed by atoms with E-state index in [1.165, 1.54) is 25.3 Å². The molecule has 0 saturated carbocycles. The molecule has 120 valence electrons. The largest absolute Gasteiger partial charge is 0.497 e. The minimum Gasteiger partial charge on any atom is -0.497 e. The number of nitrogens with zero attached hydrogens (tertiary/aromatic N) is 1. The second kappa shape index (κ2) is 7.26. The lowest BCUT2D eigenvalue weighted by Crippen LogP contribution is -2.12. The van der Waals surface area contributed by atoms with Crippen molar-refractivity contribution >= 4 is 17.3 Å². The third kappa shape index (κ3) is 3.97. The van der Waals surface area contributed by atoms with E-state index >= 15 is 0 Å². The van der Waals surface area contributed by atoms with Crippen LogP contribution >= 0.6 is 0 Å². The quantitative estimate of drug-likeness (QED) is 0.652. The van der Waals surface area contributed by atoms with Gasteiger partial charge >= 0.3 is 5.69 Å². The van der Waals surface area contributed by atoms with Crippen molar-refractivity contribution in [2.24, 2.45) is 0 Å². The van der Waals surface area contributed by atoms with Crippen LogP contribution in [0.1, 0.15) is 17.3 Å². The third-order valence-electron chi connectivity index (χ3n) is 3.05. The Morgan fingerprint density at radius 3 is 2.70 bits per heavy atom. The maximum Gasteiger partial charge on any atom is 0.311 e. The highest BCUT2D eigenvalue weighted by atomic mass is 16.6. The number of amides is 1. The van der Waals surface area contributed by atoms with E-state index in [0.717, 1.165) is 0 Å². The van der Waals surface area contributed by atoms with Crippen molar-refractivity contribution in [3.63, 3.8) is 0 Å². The molecule has 0 heterocycles. The van der Waals surface area contributed by atoms with Crippen LogP contribution in [-0.2, 0) is 0 Å². The smallest absolute Gasteiger partial charge is 0.311 e. The van der Waals surface area contributed by atoms with Crippen LogP contribution in [0.3, 0.4) is 0 Å². The molecule has 23 heavy (non-hydrogen) atoms. The van der Waals surface area contributed by atoms with Crippen LogP contribution in [0.25, 0.3) is 0 Å². The van der Waals surface area contributed by atoms with Crippen molar-refractivity contribution in [1.82, 2.24) is 0 Å².